The topological polar surface area (TPSA) is 158 Å². The number of nitrogens with zero attached hydrogens (tertiary/aromatic N) is 4. The van der Waals surface area contributed by atoms with Crippen LogP contribution in [-0.2, 0) is 23.9 Å². The molecule has 0 spiro atoms. The van der Waals surface area contributed by atoms with Crippen molar-refractivity contribution in [3.8, 4) is 16.9 Å². The number of carbonyl (C=O) groups is 1. The molecule has 6 aromatic rings. The summed E-state index contributed by atoms with van der Waals surface area (Å²) in [7, 11) is -2.22. The Balaban J connectivity index is 0.998. The Bertz CT molecular complexity index is 2600. The highest BCUT2D eigenvalue weighted by atomic mass is 28.4. The molecule has 0 aliphatic heterocycles. The maximum atomic E-state index is 13.1. The number of H-pyrrole nitrogens is 1. The first-order valence-corrected chi connectivity index (χ1v) is 25.8. The van der Waals surface area contributed by atoms with Crippen molar-refractivity contribution < 1.29 is 19.4 Å². The van der Waals surface area contributed by atoms with Crippen LogP contribution in [0.5, 0.6) is 5.75 Å². The van der Waals surface area contributed by atoms with Crippen molar-refractivity contribution >= 4 is 42.0 Å². The van der Waals surface area contributed by atoms with Gasteiger partial charge in [-0.2, -0.15) is 0 Å². The molecule has 4 aromatic carbocycles. The number of anilines is 1. The highest BCUT2D eigenvalue weighted by molar-refractivity contribution is 6.74. The number of carboxylic acid groups (broad SMARTS) is 1. The van der Waals surface area contributed by atoms with Gasteiger partial charge in [-0.25, -0.2) is 9.48 Å². The summed E-state index contributed by atoms with van der Waals surface area (Å²) < 4.78 is 8.96. The van der Waals surface area contributed by atoms with Crippen LogP contribution in [0.3, 0.4) is 0 Å². The molecule has 7 rings (SSSR count). The largest absolute Gasteiger partial charge is 0.506 e. The van der Waals surface area contributed by atoms with Gasteiger partial charge in [-0.05, 0) is 136 Å². The predicted molar refractivity (Wildman–Crippen MR) is 261 cm³/mol. The number of nitrogens with one attached hydrogen (secondary N) is 3. The number of hydrogen-bond acceptors (Lipinski definition) is 8. The molecule has 13 heteroatoms. The van der Waals surface area contributed by atoms with Gasteiger partial charge in [0.2, 0.25) is 5.56 Å². The molecule has 0 unspecified atom stereocenters. The summed E-state index contributed by atoms with van der Waals surface area (Å²) in [6.07, 6.45) is 4.93. The van der Waals surface area contributed by atoms with Crippen LogP contribution in [-0.4, -0.2) is 68.8 Å². The zero-order chi connectivity index (χ0) is 45.8. The maximum absolute atomic E-state index is 13.1. The lowest BCUT2D eigenvalue weighted by Crippen LogP contribution is -2.49. The first kappa shape index (κ1) is 46.6. The van der Waals surface area contributed by atoms with Gasteiger partial charge in [-0.1, -0.05) is 80.6 Å². The van der Waals surface area contributed by atoms with E-state index >= 15 is 0 Å². The van der Waals surface area contributed by atoms with E-state index < -0.39 is 14.4 Å². The Morgan fingerprint density at radius 1 is 0.922 bits per heavy atom. The Hall–Kier alpha value is -5.34. The summed E-state index contributed by atoms with van der Waals surface area (Å²) in [6.45, 7) is 19.5. The second kappa shape index (κ2) is 19.4. The molecule has 12 nitrogen and oxygen atoms in total. The molecule has 340 valence electrons. The van der Waals surface area contributed by atoms with Gasteiger partial charge in [0.25, 0.3) is 0 Å². The molecule has 0 saturated heterocycles. The van der Waals surface area contributed by atoms with E-state index in [0.717, 1.165) is 94.9 Å². The van der Waals surface area contributed by atoms with Gasteiger partial charge in [0.1, 0.15) is 11.3 Å². The van der Waals surface area contributed by atoms with Gasteiger partial charge in [-0.15, -0.1) is 5.10 Å². The number of phenols is 1. The molecular weight excluding hydrogens is 819 g/mol. The minimum atomic E-state index is -2.22. The molecule has 0 bridgehead atoms. The molecule has 1 aliphatic rings. The highest BCUT2D eigenvalue weighted by Crippen LogP contribution is 2.41. The van der Waals surface area contributed by atoms with Gasteiger partial charge in [0, 0.05) is 54.3 Å². The fourth-order valence-electron chi connectivity index (χ4n) is 8.86. The van der Waals surface area contributed by atoms with E-state index in [-0.39, 0.29) is 34.0 Å². The maximum Gasteiger partial charge on any atom is 0.412 e. The summed E-state index contributed by atoms with van der Waals surface area (Å²) in [5, 5.41) is 38.4. The van der Waals surface area contributed by atoms with Crippen molar-refractivity contribution in [3.63, 3.8) is 0 Å². The summed E-state index contributed by atoms with van der Waals surface area (Å²) in [5.41, 5.74) is 7.80. The van der Waals surface area contributed by atoms with Crippen molar-refractivity contribution in [1.29, 1.82) is 0 Å². The van der Waals surface area contributed by atoms with Crippen molar-refractivity contribution in [2.24, 2.45) is 0 Å². The number of benzene rings is 4. The molecule has 1 amide bonds. The van der Waals surface area contributed by atoms with E-state index in [2.05, 4.69) is 129 Å². The third-order valence-corrected chi connectivity index (χ3v) is 17.6. The average Bonchev–Trinajstić information content (AvgIpc) is 3.64. The number of fused-ring (bicyclic) bond motifs is 2. The summed E-state index contributed by atoms with van der Waals surface area (Å²) in [4.78, 5) is 29.7. The van der Waals surface area contributed by atoms with Crippen LogP contribution in [0, 0.1) is 0 Å². The zero-order valence-corrected chi connectivity index (χ0v) is 39.9. The number of hydrogen-bond donors (Lipinski definition) is 5. The minimum Gasteiger partial charge on any atom is -0.506 e. The lowest BCUT2D eigenvalue weighted by Gasteiger charge is -2.39. The quantitative estimate of drug-likeness (QED) is 0.0471. The van der Waals surface area contributed by atoms with Gasteiger partial charge in [0.15, 0.2) is 8.32 Å². The first-order valence-electron chi connectivity index (χ1n) is 22.9. The molecule has 1 fully saturated rings. The molecule has 5 N–H and O–H groups in total. The lowest BCUT2D eigenvalue weighted by atomic mass is 9.88. The van der Waals surface area contributed by atoms with Crippen LogP contribution in [0.2, 0.25) is 18.1 Å². The Labute approximate surface area is 378 Å². The number of phenolic OH excluding ortho intramolecular Hbond substituents is 1. The number of aryl methyl sites for hydroxylation is 2. The van der Waals surface area contributed by atoms with Crippen LogP contribution in [0.4, 0.5) is 10.5 Å². The highest BCUT2D eigenvalue weighted by Gasteiger charge is 2.40. The standard InChI is InChI=1S/C51H67N7O5Si/c1-50(2,3)54-37-19-21-38(22-20-37)58(49(61)62)44-31-34(17-23-39(44)36-15-10-9-11-16-36)14-12-13-29-57-43-26-18-35(30-42(43)55-56-57)32-52-33-46(63-64(7,8)51(4,5)6)40-24-27-45(59)48-41(40)25-28-47(60)53-48/h9-11,15-18,23-28,30-31,37-38,46,52,54,59H,12-14,19-22,29,32-33H2,1-8H3,(H,53,60)(H,61,62)/t37?,38?,46-/m0/s1. The summed E-state index contributed by atoms with van der Waals surface area (Å²) in [6, 6.07) is 29.8. The number of aromatic nitrogens is 4. The van der Waals surface area contributed by atoms with Gasteiger partial charge < -0.3 is 30.3 Å². The molecule has 1 atom stereocenters. The Kier molecular flexibility index (Phi) is 14.1. The van der Waals surface area contributed by atoms with Crippen LogP contribution >= 0.6 is 0 Å². The SMILES string of the molecule is CC(C)(C)NC1CCC(N(C(=O)O)c2cc(CCCCn3nnc4cc(CNC[C@H](O[Si](C)(C)C(C)(C)C)c5ccc(O)c6[nH]c(=O)ccc56)ccc43)ccc2-c2ccccc2)CC1. The number of unbranched alkanes of at least 4 members (excludes halogenated alkanes) is 1. The van der Waals surface area contributed by atoms with E-state index in [4.69, 9.17) is 4.43 Å². The predicted octanol–water partition coefficient (Wildman–Crippen LogP) is 10.7. The number of aromatic amines is 1. The molecule has 64 heavy (non-hydrogen) atoms. The fourth-order valence-corrected chi connectivity index (χ4v) is 10.1. The second-order valence-corrected chi connectivity index (χ2v) is 24.9. The van der Waals surface area contributed by atoms with E-state index in [1.54, 1.807) is 17.0 Å². The Morgan fingerprint density at radius 3 is 2.36 bits per heavy atom. The van der Waals surface area contributed by atoms with Crippen LogP contribution in [0.25, 0.3) is 33.1 Å². The smallest absolute Gasteiger partial charge is 0.412 e. The van der Waals surface area contributed by atoms with E-state index in [1.807, 2.05) is 28.9 Å². The number of amides is 1. The minimum absolute atomic E-state index is 0.0198. The summed E-state index contributed by atoms with van der Waals surface area (Å²) >= 11 is 0. The molecule has 1 saturated carbocycles. The zero-order valence-electron chi connectivity index (χ0n) is 38.9. The number of rotatable bonds is 16. The normalized spacial score (nSPS) is 16.6. The molecule has 2 heterocycles. The van der Waals surface area contributed by atoms with Crippen molar-refractivity contribution in [1.82, 2.24) is 30.6 Å². The molecule has 1 aliphatic carbocycles. The number of aromatic hydroxyl groups is 1. The van der Waals surface area contributed by atoms with Gasteiger partial charge in [-0.3, -0.25) is 9.69 Å². The van der Waals surface area contributed by atoms with Crippen molar-refractivity contribution in [2.75, 3.05) is 11.4 Å². The van der Waals surface area contributed by atoms with E-state index in [0.29, 0.717) is 31.2 Å². The van der Waals surface area contributed by atoms with Gasteiger partial charge >= 0.3 is 6.09 Å². The van der Waals surface area contributed by atoms with Crippen LogP contribution in [0.1, 0.15) is 103 Å². The van der Waals surface area contributed by atoms with Crippen LogP contribution in [0.15, 0.2) is 95.8 Å². The second-order valence-electron chi connectivity index (χ2n) is 20.1. The Morgan fingerprint density at radius 2 is 1.66 bits per heavy atom. The molecular formula is C51H67N7O5Si. The fraction of sp³-hybridized carbons (Fsp3) is 0.451. The van der Waals surface area contributed by atoms with E-state index in [1.165, 1.54) is 6.07 Å². The van der Waals surface area contributed by atoms with Crippen molar-refractivity contribution in [3.05, 3.63) is 118 Å². The van der Waals surface area contributed by atoms with Crippen molar-refractivity contribution in [2.45, 2.75) is 141 Å². The molecule has 2 aromatic heterocycles. The third-order valence-electron chi connectivity index (χ3n) is 13.1. The average molecular weight is 886 g/mol. The molecule has 0 radical (unpaired) electrons. The third kappa shape index (κ3) is 11.1. The van der Waals surface area contributed by atoms with E-state index in [9.17, 15) is 19.8 Å². The van der Waals surface area contributed by atoms with Crippen LogP contribution < -0.4 is 21.1 Å². The summed E-state index contributed by atoms with van der Waals surface area (Å²) in [5.74, 6) is 0.0292. The monoisotopic (exact) mass is 885 g/mol. The van der Waals surface area contributed by atoms with Gasteiger partial charge in [0.05, 0.1) is 22.8 Å². The number of pyridine rings is 1. The lowest BCUT2D eigenvalue weighted by molar-refractivity contribution is 0.181. The first-order chi connectivity index (χ1) is 30.4.